The number of thiophene rings is 1. The number of rotatable bonds is 4. The predicted octanol–water partition coefficient (Wildman–Crippen LogP) is 2.08. The van der Waals surface area contributed by atoms with Gasteiger partial charge in [-0.15, -0.1) is 11.3 Å². The third kappa shape index (κ3) is 4.73. The summed E-state index contributed by atoms with van der Waals surface area (Å²) in [6.45, 7) is 3.89. The molecule has 2 aromatic rings. The molecule has 2 heterocycles. The molecule has 1 aromatic heterocycles. The lowest BCUT2D eigenvalue weighted by atomic mass is 10.3. The average Bonchev–Trinajstić information content (AvgIpc) is 3.18. The van der Waals surface area contributed by atoms with E-state index in [-0.39, 0.29) is 12.5 Å². The molecular weight excluding hydrogens is 334 g/mol. The highest BCUT2D eigenvalue weighted by Gasteiger charge is 2.20. The molecule has 6 nitrogen and oxygen atoms in total. The predicted molar refractivity (Wildman–Crippen MR) is 105 cm³/mol. The highest BCUT2D eigenvalue weighted by molar-refractivity contribution is 7.14. The first kappa shape index (κ1) is 17.3. The van der Waals surface area contributed by atoms with Gasteiger partial charge in [-0.25, -0.2) is 0 Å². The van der Waals surface area contributed by atoms with Crippen molar-refractivity contribution >= 4 is 33.9 Å². The summed E-state index contributed by atoms with van der Waals surface area (Å²) in [6.07, 6.45) is 0. The summed E-state index contributed by atoms with van der Waals surface area (Å²) in [5.41, 5.74) is 0.800. The van der Waals surface area contributed by atoms with Gasteiger partial charge in [0.05, 0.1) is 11.5 Å². The van der Waals surface area contributed by atoms with Gasteiger partial charge in [0.25, 0.3) is 0 Å². The number of para-hydroxylation sites is 1. The maximum absolute atomic E-state index is 12.1. The van der Waals surface area contributed by atoms with E-state index in [2.05, 4.69) is 42.9 Å². The number of carbonyl (C=O) groups is 1. The van der Waals surface area contributed by atoms with Crippen LogP contribution in [-0.4, -0.2) is 56.5 Å². The first-order valence-corrected chi connectivity index (χ1v) is 9.23. The fraction of sp³-hybridized carbons (Fsp3) is 0.333. The van der Waals surface area contributed by atoms with Crippen LogP contribution in [0.3, 0.4) is 0 Å². The fourth-order valence-electron chi connectivity index (χ4n) is 2.81. The van der Waals surface area contributed by atoms with Gasteiger partial charge in [0, 0.05) is 38.9 Å². The minimum Gasteiger partial charge on any atom is -0.360 e. The summed E-state index contributed by atoms with van der Waals surface area (Å²) in [5, 5.41) is 9.44. The van der Waals surface area contributed by atoms with Gasteiger partial charge in [0.1, 0.15) is 0 Å². The molecule has 1 aliphatic rings. The number of anilines is 2. The van der Waals surface area contributed by atoms with Crippen molar-refractivity contribution in [3.63, 3.8) is 0 Å². The maximum Gasteiger partial charge on any atom is 0.243 e. The minimum absolute atomic E-state index is 0.0791. The second-order valence-corrected chi connectivity index (χ2v) is 6.67. The summed E-state index contributed by atoms with van der Waals surface area (Å²) in [7, 11) is 1.75. The molecule has 1 aromatic carbocycles. The van der Waals surface area contributed by atoms with Crippen molar-refractivity contribution in [2.45, 2.75) is 0 Å². The minimum atomic E-state index is -0.0791. The first-order chi connectivity index (χ1) is 12.3. The Morgan fingerprint density at radius 2 is 1.88 bits per heavy atom. The summed E-state index contributed by atoms with van der Waals surface area (Å²) in [4.78, 5) is 21.0. The topological polar surface area (TPSA) is 60.0 Å². The van der Waals surface area contributed by atoms with Crippen LogP contribution in [-0.2, 0) is 4.79 Å². The van der Waals surface area contributed by atoms with Crippen LogP contribution in [0, 0.1) is 0 Å². The van der Waals surface area contributed by atoms with Crippen molar-refractivity contribution in [1.29, 1.82) is 0 Å². The van der Waals surface area contributed by atoms with Crippen molar-refractivity contribution < 1.29 is 4.79 Å². The van der Waals surface area contributed by atoms with Crippen molar-refractivity contribution in [2.24, 2.45) is 4.99 Å². The number of aliphatic imine (C=N–C) groups is 1. The Kier molecular flexibility index (Phi) is 5.90. The third-order valence-electron chi connectivity index (χ3n) is 4.07. The average molecular weight is 357 g/mol. The molecule has 132 valence electrons. The second kappa shape index (κ2) is 8.53. The lowest BCUT2D eigenvalue weighted by molar-refractivity contribution is -0.115. The van der Waals surface area contributed by atoms with Crippen LogP contribution in [0.25, 0.3) is 0 Å². The number of hydrogen-bond donors (Lipinski definition) is 2. The van der Waals surface area contributed by atoms with Crippen LogP contribution in [0.2, 0.25) is 0 Å². The van der Waals surface area contributed by atoms with Gasteiger partial charge in [0.15, 0.2) is 5.96 Å². The molecule has 0 unspecified atom stereocenters. The third-order valence-corrected chi connectivity index (χ3v) is 5.00. The molecule has 0 atom stereocenters. The quantitative estimate of drug-likeness (QED) is 0.650. The number of piperazine rings is 1. The van der Waals surface area contributed by atoms with Crippen LogP contribution in [0.4, 0.5) is 10.7 Å². The van der Waals surface area contributed by atoms with Gasteiger partial charge in [-0.2, -0.15) is 0 Å². The molecule has 2 N–H and O–H groups in total. The van der Waals surface area contributed by atoms with Gasteiger partial charge >= 0.3 is 0 Å². The van der Waals surface area contributed by atoms with Crippen molar-refractivity contribution in [2.75, 3.05) is 50.0 Å². The van der Waals surface area contributed by atoms with E-state index in [0.29, 0.717) is 0 Å². The molecule has 1 amide bonds. The lowest BCUT2D eigenvalue weighted by Gasteiger charge is -2.36. The van der Waals surface area contributed by atoms with Crippen molar-refractivity contribution in [3.8, 4) is 0 Å². The standard InChI is InChI=1S/C18H23N5OS/c1-19-18(20-14-16(24)21-15-6-3-2-4-7-15)23-11-9-22(10-12-23)17-8-5-13-25-17/h2-8,13H,9-12,14H2,1H3,(H,19,20)(H,21,24). The Morgan fingerprint density at radius 1 is 1.12 bits per heavy atom. The zero-order valence-electron chi connectivity index (χ0n) is 14.3. The van der Waals surface area contributed by atoms with E-state index in [0.717, 1.165) is 37.8 Å². The summed E-state index contributed by atoms with van der Waals surface area (Å²) < 4.78 is 0. The van der Waals surface area contributed by atoms with Gasteiger partial charge in [-0.3, -0.25) is 9.79 Å². The molecule has 0 radical (unpaired) electrons. The molecule has 0 aliphatic carbocycles. The molecule has 0 saturated carbocycles. The molecular formula is C18H23N5OS. The monoisotopic (exact) mass is 357 g/mol. The van der Waals surface area contributed by atoms with Crippen molar-refractivity contribution in [1.82, 2.24) is 10.2 Å². The van der Waals surface area contributed by atoms with E-state index in [1.165, 1.54) is 5.00 Å². The molecule has 1 fully saturated rings. The molecule has 0 spiro atoms. The fourth-order valence-corrected chi connectivity index (χ4v) is 3.59. The van der Waals surface area contributed by atoms with Crippen LogP contribution in [0.5, 0.6) is 0 Å². The lowest BCUT2D eigenvalue weighted by Crippen LogP contribution is -2.53. The zero-order valence-corrected chi connectivity index (χ0v) is 15.1. The number of nitrogens with zero attached hydrogens (tertiary/aromatic N) is 3. The Balaban J connectivity index is 1.46. The van der Waals surface area contributed by atoms with Crippen LogP contribution >= 0.6 is 11.3 Å². The summed E-state index contributed by atoms with van der Waals surface area (Å²) in [6, 6.07) is 13.7. The number of hydrogen-bond acceptors (Lipinski definition) is 4. The highest BCUT2D eigenvalue weighted by atomic mass is 32.1. The highest BCUT2D eigenvalue weighted by Crippen LogP contribution is 2.22. The second-order valence-electron chi connectivity index (χ2n) is 5.74. The molecule has 25 heavy (non-hydrogen) atoms. The van der Waals surface area contributed by atoms with Gasteiger partial charge < -0.3 is 20.4 Å². The van der Waals surface area contributed by atoms with Crippen molar-refractivity contribution in [3.05, 3.63) is 47.8 Å². The van der Waals surface area contributed by atoms with E-state index >= 15 is 0 Å². The summed E-state index contributed by atoms with van der Waals surface area (Å²) in [5.74, 6) is 0.693. The Bertz CT molecular complexity index is 694. The van der Waals surface area contributed by atoms with E-state index in [1.807, 2.05) is 30.3 Å². The number of nitrogens with one attached hydrogen (secondary N) is 2. The molecule has 1 aliphatic heterocycles. The van der Waals surface area contributed by atoms with E-state index in [4.69, 9.17) is 0 Å². The summed E-state index contributed by atoms with van der Waals surface area (Å²) >= 11 is 1.77. The van der Waals surface area contributed by atoms with Gasteiger partial charge in [0.2, 0.25) is 5.91 Å². The Labute approximate surface area is 152 Å². The Hall–Kier alpha value is -2.54. The molecule has 7 heteroatoms. The Morgan fingerprint density at radius 3 is 2.52 bits per heavy atom. The normalized spacial score (nSPS) is 15.2. The number of amides is 1. The SMILES string of the molecule is CN=C(NCC(=O)Nc1ccccc1)N1CCN(c2cccs2)CC1. The smallest absolute Gasteiger partial charge is 0.243 e. The van der Waals surface area contributed by atoms with E-state index < -0.39 is 0 Å². The largest absolute Gasteiger partial charge is 0.360 e. The maximum atomic E-state index is 12.1. The van der Waals surface area contributed by atoms with Crippen LogP contribution in [0.15, 0.2) is 52.8 Å². The van der Waals surface area contributed by atoms with E-state index in [9.17, 15) is 4.79 Å². The zero-order chi connectivity index (χ0) is 17.5. The molecule has 0 bridgehead atoms. The van der Waals surface area contributed by atoms with Crippen LogP contribution < -0.4 is 15.5 Å². The first-order valence-electron chi connectivity index (χ1n) is 8.35. The van der Waals surface area contributed by atoms with Gasteiger partial charge in [-0.05, 0) is 29.6 Å². The number of benzene rings is 1. The van der Waals surface area contributed by atoms with Crippen LogP contribution in [0.1, 0.15) is 0 Å². The molecule has 3 rings (SSSR count). The number of carbonyl (C=O) groups excluding carboxylic acids is 1. The van der Waals surface area contributed by atoms with Gasteiger partial charge in [-0.1, -0.05) is 18.2 Å². The van der Waals surface area contributed by atoms with E-state index in [1.54, 1.807) is 18.4 Å². The molecule has 1 saturated heterocycles. The number of guanidine groups is 1.